The number of rotatable bonds is 14. The number of amides is 1. The smallest absolute Gasteiger partial charge is 0.270 e. The second-order valence-electron chi connectivity index (χ2n) is 10.3. The Morgan fingerprint density at radius 1 is 0.925 bits per heavy atom. The van der Waals surface area contributed by atoms with Gasteiger partial charge in [-0.2, -0.15) is 0 Å². The number of ether oxygens (including phenoxy) is 2. The minimum absolute atomic E-state index is 0.118. The summed E-state index contributed by atoms with van der Waals surface area (Å²) in [5, 5.41) is 5.74. The van der Waals surface area contributed by atoms with Crippen molar-refractivity contribution in [3.63, 3.8) is 0 Å². The molecule has 3 aromatic carbocycles. The summed E-state index contributed by atoms with van der Waals surface area (Å²) in [5.74, 6) is 2.08. The van der Waals surface area contributed by atoms with Gasteiger partial charge in [0.2, 0.25) is 0 Å². The van der Waals surface area contributed by atoms with E-state index < -0.39 is 0 Å². The minimum Gasteiger partial charge on any atom is -0.497 e. The highest BCUT2D eigenvalue weighted by molar-refractivity contribution is 7.09. The summed E-state index contributed by atoms with van der Waals surface area (Å²) in [6.07, 6.45) is 0.930. The topological polar surface area (TPSA) is 63.7 Å². The summed E-state index contributed by atoms with van der Waals surface area (Å²) in [7, 11) is 3.34. The van der Waals surface area contributed by atoms with Crippen molar-refractivity contribution in [2.24, 2.45) is 5.92 Å². The van der Waals surface area contributed by atoms with Crippen molar-refractivity contribution in [3.05, 3.63) is 112 Å². The van der Waals surface area contributed by atoms with E-state index in [0.717, 1.165) is 35.0 Å². The Kier molecular flexibility index (Phi) is 10.7. The van der Waals surface area contributed by atoms with E-state index in [2.05, 4.69) is 90.8 Å². The van der Waals surface area contributed by atoms with Crippen LogP contribution < -0.4 is 14.8 Å². The summed E-state index contributed by atoms with van der Waals surface area (Å²) in [6.45, 7) is 6.94. The third-order valence-electron chi connectivity index (χ3n) is 6.84. The van der Waals surface area contributed by atoms with E-state index in [-0.39, 0.29) is 11.8 Å². The lowest BCUT2D eigenvalue weighted by atomic mass is 9.88. The number of thiazole rings is 1. The molecule has 0 saturated heterocycles. The molecule has 0 radical (unpaired) electrons. The molecule has 0 atom stereocenters. The van der Waals surface area contributed by atoms with Crippen molar-refractivity contribution in [1.29, 1.82) is 0 Å². The van der Waals surface area contributed by atoms with Gasteiger partial charge < -0.3 is 14.8 Å². The Balaban J connectivity index is 1.57. The lowest BCUT2D eigenvalue weighted by molar-refractivity contribution is 0.0944. The molecule has 0 saturated carbocycles. The zero-order valence-electron chi connectivity index (χ0n) is 23.8. The summed E-state index contributed by atoms with van der Waals surface area (Å²) in [5.41, 5.74) is 4.16. The zero-order chi connectivity index (χ0) is 28.3. The fraction of sp³-hybridized carbons (Fsp3) is 0.333. The highest BCUT2D eigenvalue weighted by atomic mass is 32.1. The predicted octanol–water partition coefficient (Wildman–Crippen LogP) is 6.77. The number of carbonyl (C=O) groups is 1. The fourth-order valence-corrected chi connectivity index (χ4v) is 5.53. The van der Waals surface area contributed by atoms with Gasteiger partial charge in [0.05, 0.1) is 20.8 Å². The zero-order valence-corrected chi connectivity index (χ0v) is 24.6. The Bertz CT molecular complexity index is 1300. The van der Waals surface area contributed by atoms with Crippen LogP contribution >= 0.6 is 11.3 Å². The van der Waals surface area contributed by atoms with Crippen LogP contribution in [-0.4, -0.2) is 43.1 Å². The molecule has 0 aliphatic rings. The van der Waals surface area contributed by atoms with Gasteiger partial charge in [-0.3, -0.25) is 9.69 Å². The van der Waals surface area contributed by atoms with Crippen molar-refractivity contribution in [2.75, 3.05) is 27.3 Å². The first kappa shape index (κ1) is 29.3. The van der Waals surface area contributed by atoms with E-state index in [4.69, 9.17) is 14.5 Å². The third-order valence-corrected chi connectivity index (χ3v) is 7.67. The van der Waals surface area contributed by atoms with E-state index in [1.54, 1.807) is 14.2 Å². The molecule has 1 N–H and O–H groups in total. The average Bonchev–Trinajstić information content (AvgIpc) is 3.45. The van der Waals surface area contributed by atoms with Gasteiger partial charge in [0, 0.05) is 36.0 Å². The summed E-state index contributed by atoms with van der Waals surface area (Å²) in [4.78, 5) is 19.7. The fourth-order valence-electron chi connectivity index (χ4n) is 4.71. The van der Waals surface area contributed by atoms with Crippen LogP contribution in [0.5, 0.6) is 11.5 Å². The van der Waals surface area contributed by atoms with Crippen LogP contribution in [0.1, 0.15) is 58.4 Å². The molecule has 1 heterocycles. The van der Waals surface area contributed by atoms with Crippen molar-refractivity contribution >= 4 is 17.2 Å². The van der Waals surface area contributed by atoms with Crippen LogP contribution in [0.4, 0.5) is 0 Å². The van der Waals surface area contributed by atoms with Crippen molar-refractivity contribution in [1.82, 2.24) is 15.2 Å². The maximum atomic E-state index is 12.6. The second kappa shape index (κ2) is 14.6. The van der Waals surface area contributed by atoms with E-state index in [1.807, 2.05) is 17.5 Å². The molecule has 0 bridgehead atoms. The van der Waals surface area contributed by atoms with Gasteiger partial charge in [-0.1, -0.05) is 80.6 Å². The monoisotopic (exact) mass is 557 g/mol. The number of nitrogens with one attached hydrogen (secondary N) is 1. The first-order valence-electron chi connectivity index (χ1n) is 13.7. The van der Waals surface area contributed by atoms with Crippen molar-refractivity contribution in [2.45, 2.75) is 39.3 Å². The number of methoxy groups -OCH3 is 2. The van der Waals surface area contributed by atoms with Gasteiger partial charge in [-0.05, 0) is 36.1 Å². The van der Waals surface area contributed by atoms with Crippen LogP contribution in [0.2, 0.25) is 0 Å². The molecule has 0 aliphatic heterocycles. The van der Waals surface area contributed by atoms with Gasteiger partial charge >= 0.3 is 0 Å². The summed E-state index contributed by atoms with van der Waals surface area (Å²) < 4.78 is 11.1. The van der Waals surface area contributed by atoms with Gasteiger partial charge in [0.1, 0.15) is 22.2 Å². The van der Waals surface area contributed by atoms with Gasteiger partial charge in [-0.25, -0.2) is 4.98 Å². The number of nitrogens with zero attached hydrogens (tertiary/aromatic N) is 2. The number of benzene rings is 3. The largest absolute Gasteiger partial charge is 0.497 e. The molecule has 7 heteroatoms. The molecule has 4 aromatic rings. The van der Waals surface area contributed by atoms with E-state index in [9.17, 15) is 4.79 Å². The second-order valence-corrected chi connectivity index (χ2v) is 11.2. The van der Waals surface area contributed by atoms with Crippen LogP contribution in [-0.2, 0) is 13.1 Å². The Morgan fingerprint density at radius 2 is 1.60 bits per heavy atom. The predicted molar refractivity (Wildman–Crippen MR) is 162 cm³/mol. The van der Waals surface area contributed by atoms with E-state index in [0.29, 0.717) is 31.2 Å². The normalized spacial score (nSPS) is 11.3. The average molecular weight is 558 g/mol. The molecule has 0 aliphatic carbocycles. The molecule has 0 fully saturated rings. The van der Waals surface area contributed by atoms with Crippen molar-refractivity contribution in [3.8, 4) is 11.5 Å². The number of hydrogen-bond acceptors (Lipinski definition) is 6. The van der Waals surface area contributed by atoms with Gasteiger partial charge in [0.15, 0.2) is 0 Å². The molecule has 1 aromatic heterocycles. The van der Waals surface area contributed by atoms with Gasteiger partial charge in [0.25, 0.3) is 5.91 Å². The van der Waals surface area contributed by atoms with Crippen LogP contribution in [0.3, 0.4) is 0 Å². The number of aromatic nitrogens is 1. The summed E-state index contributed by atoms with van der Waals surface area (Å²) in [6, 6.07) is 27.3. The maximum absolute atomic E-state index is 12.6. The number of carbonyl (C=O) groups excluding carboxylic acids is 1. The highest BCUT2D eigenvalue weighted by Gasteiger charge is 2.19. The van der Waals surface area contributed by atoms with Crippen LogP contribution in [0.15, 0.2) is 84.2 Å². The first-order chi connectivity index (χ1) is 19.5. The molecule has 0 unspecified atom stereocenters. The third kappa shape index (κ3) is 8.16. The maximum Gasteiger partial charge on any atom is 0.270 e. The lowest BCUT2D eigenvalue weighted by Gasteiger charge is -2.26. The number of hydrogen-bond donors (Lipinski definition) is 1. The Labute approximate surface area is 242 Å². The lowest BCUT2D eigenvalue weighted by Crippen LogP contribution is -2.28. The molecule has 40 heavy (non-hydrogen) atoms. The van der Waals surface area contributed by atoms with Gasteiger partial charge in [-0.15, -0.1) is 11.3 Å². The summed E-state index contributed by atoms with van der Waals surface area (Å²) >= 11 is 1.53. The molecule has 210 valence electrons. The van der Waals surface area contributed by atoms with E-state index in [1.165, 1.54) is 22.5 Å². The SMILES string of the molecule is COc1ccc(CN(CCC(c2ccccc2)c2ccccc2)Cc2nc(C(=O)NCC(C)C)cs2)c(OC)c1. The molecular weight excluding hydrogens is 518 g/mol. The molecule has 4 rings (SSSR count). The quantitative estimate of drug-likeness (QED) is 0.185. The Hall–Kier alpha value is -3.68. The molecule has 6 nitrogen and oxygen atoms in total. The van der Waals surface area contributed by atoms with Crippen molar-refractivity contribution < 1.29 is 14.3 Å². The first-order valence-corrected chi connectivity index (χ1v) is 14.6. The molecular formula is C33H39N3O3S. The van der Waals surface area contributed by atoms with E-state index >= 15 is 0 Å². The van der Waals surface area contributed by atoms with Crippen LogP contribution in [0, 0.1) is 5.92 Å². The highest BCUT2D eigenvalue weighted by Crippen LogP contribution is 2.30. The standard InChI is InChI=1S/C33H39N3O3S/c1-24(2)20-34-33(37)30-23-40-32(35-30)22-36(21-27-15-16-28(38-3)19-31(27)39-4)18-17-29(25-11-7-5-8-12-25)26-13-9-6-10-14-26/h5-16,19,23-24,29H,17-18,20-22H2,1-4H3,(H,34,37). The Morgan fingerprint density at radius 3 is 2.20 bits per heavy atom. The van der Waals surface area contributed by atoms with Crippen LogP contribution in [0.25, 0.3) is 0 Å². The minimum atomic E-state index is -0.118. The molecule has 1 amide bonds. The molecule has 0 spiro atoms.